The lowest BCUT2D eigenvalue weighted by Crippen LogP contribution is -2.09. The average molecular weight is 340 g/mol. The van der Waals surface area contributed by atoms with E-state index in [1.54, 1.807) is 20.5 Å². The van der Waals surface area contributed by atoms with Gasteiger partial charge in [-0.3, -0.25) is 0 Å². The maximum Gasteiger partial charge on any atom is 0.161 e. The van der Waals surface area contributed by atoms with Gasteiger partial charge < -0.3 is 18.5 Å². The predicted octanol–water partition coefficient (Wildman–Crippen LogP) is 4.41. The maximum atomic E-state index is 5.62. The molecule has 5 nitrogen and oxygen atoms in total. The van der Waals surface area contributed by atoms with E-state index in [0.29, 0.717) is 23.8 Å². The molecular weight excluding hydrogens is 316 g/mol. The number of hydrogen-bond donors (Lipinski definition) is 0. The number of rotatable bonds is 7. The number of hydrogen-bond acceptors (Lipinski definition) is 4. The van der Waals surface area contributed by atoms with E-state index in [1.807, 2.05) is 36.7 Å². The molecule has 5 heteroatoms. The van der Waals surface area contributed by atoms with Crippen molar-refractivity contribution in [1.29, 1.82) is 0 Å². The third kappa shape index (κ3) is 3.71. The second-order valence-electron chi connectivity index (χ2n) is 6.41. The van der Waals surface area contributed by atoms with E-state index in [1.165, 1.54) is 0 Å². The Morgan fingerprint density at radius 1 is 1.16 bits per heavy atom. The van der Waals surface area contributed by atoms with Crippen molar-refractivity contribution in [3.63, 3.8) is 0 Å². The Labute approximate surface area is 148 Å². The standard InChI is InChI=1S/C20H24N2O3/c1-14(2)13-22-8-7-21-20(22)11-15-10-18(23-3)19(24-4)12-16(15)17-6-5-9-25-17/h5-10,12,14H,11,13H2,1-4H3. The summed E-state index contributed by atoms with van der Waals surface area (Å²) in [6.07, 6.45) is 6.25. The number of aromatic nitrogens is 2. The number of ether oxygens (including phenoxy) is 2. The van der Waals surface area contributed by atoms with Gasteiger partial charge in [-0.05, 0) is 35.7 Å². The number of nitrogens with zero attached hydrogens (tertiary/aromatic N) is 2. The molecule has 1 aromatic carbocycles. The second kappa shape index (κ2) is 7.47. The van der Waals surface area contributed by atoms with Gasteiger partial charge in [-0.25, -0.2) is 4.98 Å². The van der Waals surface area contributed by atoms with Crippen LogP contribution >= 0.6 is 0 Å². The minimum atomic E-state index is 0.558. The van der Waals surface area contributed by atoms with Gasteiger partial charge in [0, 0.05) is 30.9 Å². The van der Waals surface area contributed by atoms with E-state index in [2.05, 4.69) is 23.4 Å². The van der Waals surface area contributed by atoms with Gasteiger partial charge in [0.25, 0.3) is 0 Å². The van der Waals surface area contributed by atoms with Crippen LogP contribution in [-0.4, -0.2) is 23.8 Å². The molecule has 2 heterocycles. The highest BCUT2D eigenvalue weighted by Crippen LogP contribution is 2.36. The maximum absolute atomic E-state index is 5.62. The van der Waals surface area contributed by atoms with Gasteiger partial charge in [-0.2, -0.15) is 0 Å². The second-order valence-corrected chi connectivity index (χ2v) is 6.41. The van der Waals surface area contributed by atoms with Crippen molar-refractivity contribution in [2.75, 3.05) is 14.2 Å². The molecule has 0 radical (unpaired) electrons. The number of imidazole rings is 1. The van der Waals surface area contributed by atoms with E-state index in [0.717, 1.165) is 29.3 Å². The molecular formula is C20H24N2O3. The minimum absolute atomic E-state index is 0.558. The van der Waals surface area contributed by atoms with Crippen LogP contribution in [0.2, 0.25) is 0 Å². The third-order valence-electron chi connectivity index (χ3n) is 4.11. The van der Waals surface area contributed by atoms with Gasteiger partial charge in [0.05, 0.1) is 20.5 Å². The first kappa shape index (κ1) is 17.1. The average Bonchev–Trinajstić information content (AvgIpc) is 3.26. The lowest BCUT2D eigenvalue weighted by atomic mass is 10.0. The zero-order valence-corrected chi connectivity index (χ0v) is 15.2. The van der Waals surface area contributed by atoms with Crippen molar-refractivity contribution in [3.8, 4) is 22.8 Å². The monoisotopic (exact) mass is 340 g/mol. The van der Waals surface area contributed by atoms with Gasteiger partial charge in [0.1, 0.15) is 11.6 Å². The summed E-state index contributed by atoms with van der Waals surface area (Å²) in [5.41, 5.74) is 2.07. The number of furan rings is 1. The Balaban J connectivity index is 2.04. The summed E-state index contributed by atoms with van der Waals surface area (Å²) in [5.74, 6) is 3.77. The first-order valence-electron chi connectivity index (χ1n) is 8.41. The summed E-state index contributed by atoms with van der Waals surface area (Å²) < 4.78 is 18.8. The molecule has 3 rings (SSSR count). The Kier molecular flexibility index (Phi) is 5.12. The highest BCUT2D eigenvalue weighted by Gasteiger charge is 2.17. The molecule has 0 saturated heterocycles. The third-order valence-corrected chi connectivity index (χ3v) is 4.11. The van der Waals surface area contributed by atoms with Gasteiger partial charge in [-0.15, -0.1) is 0 Å². The topological polar surface area (TPSA) is 49.4 Å². The molecule has 0 saturated carbocycles. The molecule has 0 aliphatic rings. The molecule has 0 aliphatic carbocycles. The van der Waals surface area contributed by atoms with Crippen LogP contribution < -0.4 is 9.47 Å². The molecule has 0 fully saturated rings. The van der Waals surface area contributed by atoms with Crippen LogP contribution in [-0.2, 0) is 13.0 Å². The van der Waals surface area contributed by atoms with E-state index < -0.39 is 0 Å². The van der Waals surface area contributed by atoms with Crippen molar-refractivity contribution in [2.24, 2.45) is 5.92 Å². The van der Waals surface area contributed by atoms with Crippen molar-refractivity contribution >= 4 is 0 Å². The highest BCUT2D eigenvalue weighted by atomic mass is 16.5. The number of benzene rings is 1. The predicted molar refractivity (Wildman–Crippen MR) is 97.1 cm³/mol. The van der Waals surface area contributed by atoms with Gasteiger partial charge >= 0.3 is 0 Å². The molecule has 0 aliphatic heterocycles. The zero-order valence-electron chi connectivity index (χ0n) is 15.2. The Hall–Kier alpha value is -2.69. The SMILES string of the molecule is COc1cc(Cc2nccn2CC(C)C)c(-c2ccco2)cc1OC. The lowest BCUT2D eigenvalue weighted by Gasteiger charge is -2.15. The number of methoxy groups -OCH3 is 2. The summed E-state index contributed by atoms with van der Waals surface area (Å²) in [5, 5.41) is 0. The molecule has 25 heavy (non-hydrogen) atoms. The van der Waals surface area contributed by atoms with Gasteiger partial charge in [0.2, 0.25) is 0 Å². The van der Waals surface area contributed by atoms with Crippen LogP contribution in [0.3, 0.4) is 0 Å². The molecule has 0 unspecified atom stereocenters. The molecule has 2 aromatic heterocycles. The molecule has 0 amide bonds. The highest BCUT2D eigenvalue weighted by molar-refractivity contribution is 5.68. The first-order chi connectivity index (χ1) is 12.1. The van der Waals surface area contributed by atoms with E-state index in [4.69, 9.17) is 13.9 Å². The van der Waals surface area contributed by atoms with Crippen molar-refractivity contribution in [2.45, 2.75) is 26.8 Å². The summed E-state index contributed by atoms with van der Waals surface area (Å²) in [7, 11) is 3.28. The molecule has 3 aromatic rings. The molecule has 0 spiro atoms. The van der Waals surface area contributed by atoms with Crippen molar-refractivity contribution < 1.29 is 13.9 Å². The normalized spacial score (nSPS) is 11.1. The summed E-state index contributed by atoms with van der Waals surface area (Å²) >= 11 is 0. The summed E-state index contributed by atoms with van der Waals surface area (Å²) in [6.45, 7) is 5.35. The molecule has 0 atom stereocenters. The summed E-state index contributed by atoms with van der Waals surface area (Å²) in [6, 6.07) is 7.80. The largest absolute Gasteiger partial charge is 0.493 e. The Morgan fingerprint density at radius 3 is 2.56 bits per heavy atom. The fourth-order valence-electron chi connectivity index (χ4n) is 2.97. The molecule has 0 bridgehead atoms. The minimum Gasteiger partial charge on any atom is -0.493 e. The lowest BCUT2D eigenvalue weighted by molar-refractivity contribution is 0.354. The van der Waals surface area contributed by atoms with Crippen LogP contribution in [0.1, 0.15) is 25.2 Å². The van der Waals surface area contributed by atoms with Crippen molar-refractivity contribution in [3.05, 3.63) is 54.3 Å². The van der Waals surface area contributed by atoms with Crippen LogP contribution in [0.25, 0.3) is 11.3 Å². The van der Waals surface area contributed by atoms with E-state index in [9.17, 15) is 0 Å². The van der Waals surface area contributed by atoms with Crippen molar-refractivity contribution in [1.82, 2.24) is 9.55 Å². The fourth-order valence-corrected chi connectivity index (χ4v) is 2.97. The van der Waals surface area contributed by atoms with Crippen LogP contribution in [0.15, 0.2) is 47.3 Å². The molecule has 0 N–H and O–H groups in total. The Bertz CT molecular complexity index is 820. The quantitative estimate of drug-likeness (QED) is 0.639. The smallest absolute Gasteiger partial charge is 0.161 e. The van der Waals surface area contributed by atoms with Crippen LogP contribution in [0, 0.1) is 5.92 Å². The zero-order chi connectivity index (χ0) is 17.8. The first-order valence-corrected chi connectivity index (χ1v) is 8.41. The molecule has 132 valence electrons. The van der Waals surface area contributed by atoms with Gasteiger partial charge in [-0.1, -0.05) is 13.8 Å². The van der Waals surface area contributed by atoms with Crippen LogP contribution in [0.4, 0.5) is 0 Å². The van der Waals surface area contributed by atoms with E-state index >= 15 is 0 Å². The van der Waals surface area contributed by atoms with Crippen LogP contribution in [0.5, 0.6) is 11.5 Å². The van der Waals surface area contributed by atoms with E-state index in [-0.39, 0.29) is 0 Å². The Morgan fingerprint density at radius 2 is 1.92 bits per heavy atom. The summed E-state index contributed by atoms with van der Waals surface area (Å²) in [4.78, 5) is 4.55. The van der Waals surface area contributed by atoms with Gasteiger partial charge in [0.15, 0.2) is 11.5 Å². The fraction of sp³-hybridized carbons (Fsp3) is 0.350.